The van der Waals surface area contributed by atoms with E-state index in [2.05, 4.69) is 9.72 Å². The molecule has 0 N–H and O–H groups in total. The first-order valence-electron chi connectivity index (χ1n) is 9.03. The van der Waals surface area contributed by atoms with Crippen LogP contribution < -0.4 is 31.0 Å². The Morgan fingerprint density at radius 3 is 2.30 bits per heavy atom. The molecule has 0 unspecified atom stereocenters. The smallest absolute Gasteiger partial charge is 0.394 e. The van der Waals surface area contributed by atoms with Crippen molar-refractivity contribution in [2.75, 3.05) is 0 Å². The zero-order valence-corrected chi connectivity index (χ0v) is 18.1. The van der Waals surface area contributed by atoms with Gasteiger partial charge >= 0.3 is 6.11 Å². The van der Waals surface area contributed by atoms with Crippen LogP contribution in [-0.2, 0) is 13.2 Å². The van der Waals surface area contributed by atoms with Gasteiger partial charge in [-0.05, 0) is 43.3 Å². The average molecular weight is 479 g/mol. The summed E-state index contributed by atoms with van der Waals surface area (Å²) in [6.07, 6.45) is 0.221. The maximum Gasteiger partial charge on any atom is 0.394 e. The monoisotopic (exact) mass is 478 g/mol. The van der Waals surface area contributed by atoms with Crippen LogP contribution in [0.5, 0.6) is 11.5 Å². The van der Waals surface area contributed by atoms with Crippen molar-refractivity contribution >= 4 is 5.78 Å². The maximum atomic E-state index is 12.9. The number of hydrogen-bond donors (Lipinski definition) is 0. The third-order valence-electron chi connectivity index (χ3n) is 3.99. The molecule has 0 spiro atoms. The van der Waals surface area contributed by atoms with Crippen LogP contribution in [0, 0.1) is 6.92 Å². The lowest BCUT2D eigenvalue weighted by Crippen LogP contribution is -3.00. The zero-order valence-electron chi connectivity index (χ0n) is 16.5. The lowest BCUT2D eigenvalue weighted by molar-refractivity contribution is -0.683. The van der Waals surface area contributed by atoms with E-state index in [4.69, 9.17) is 4.74 Å². The Hall–Kier alpha value is -2.87. The summed E-state index contributed by atoms with van der Waals surface area (Å²) in [7, 11) is 0. The molecule has 0 fully saturated rings. The Morgan fingerprint density at radius 2 is 1.70 bits per heavy atom. The van der Waals surface area contributed by atoms with Crippen molar-refractivity contribution in [2.45, 2.75) is 33.1 Å². The number of pyridine rings is 2. The van der Waals surface area contributed by atoms with Crippen molar-refractivity contribution in [3.05, 3.63) is 83.9 Å². The summed E-state index contributed by atoms with van der Waals surface area (Å²) in [6, 6.07) is 14.9. The van der Waals surface area contributed by atoms with Crippen LogP contribution in [0.25, 0.3) is 0 Å². The van der Waals surface area contributed by atoms with Crippen molar-refractivity contribution in [2.24, 2.45) is 0 Å². The number of ether oxygens (including phenoxy) is 2. The van der Waals surface area contributed by atoms with E-state index >= 15 is 0 Å². The number of benzene rings is 1. The molecule has 0 aliphatic carbocycles. The minimum Gasteiger partial charge on any atom is -1.00 e. The van der Waals surface area contributed by atoms with Gasteiger partial charge in [0, 0.05) is 30.3 Å². The fourth-order valence-corrected chi connectivity index (χ4v) is 2.66. The second kappa shape index (κ2) is 10.2. The fraction of sp³-hybridized carbons (Fsp3) is 0.227. The van der Waals surface area contributed by atoms with Crippen LogP contribution in [0.1, 0.15) is 28.7 Å². The van der Waals surface area contributed by atoms with E-state index in [0.29, 0.717) is 24.8 Å². The average Bonchev–Trinajstić information content (AvgIpc) is 2.67. The molecule has 0 aliphatic heterocycles. The molecule has 2 heterocycles. The van der Waals surface area contributed by atoms with Crippen molar-refractivity contribution in [3.8, 4) is 11.5 Å². The minimum atomic E-state index is -3.26. The van der Waals surface area contributed by atoms with Crippen molar-refractivity contribution in [1.29, 1.82) is 0 Å². The highest BCUT2D eigenvalue weighted by Gasteiger charge is 2.23. The second-order valence-corrected chi connectivity index (χ2v) is 6.62. The van der Waals surface area contributed by atoms with Crippen LogP contribution in [0.4, 0.5) is 8.78 Å². The third kappa shape index (κ3) is 7.18. The van der Waals surface area contributed by atoms with E-state index in [1.165, 1.54) is 24.3 Å². The van der Waals surface area contributed by atoms with E-state index in [1.54, 1.807) is 29.1 Å². The Labute approximate surface area is 184 Å². The summed E-state index contributed by atoms with van der Waals surface area (Å²) in [5.74, 6) is 0.521. The molecule has 1 aromatic carbocycles. The van der Waals surface area contributed by atoms with Gasteiger partial charge < -0.3 is 26.5 Å². The number of Topliss-reactive ketones (excluding diaryl/α,β-unsaturated/α-hetero) is 1. The second-order valence-electron chi connectivity index (χ2n) is 6.62. The molecule has 0 aliphatic rings. The molecule has 0 radical (unpaired) electrons. The molecular weight excluding hydrogens is 458 g/mol. The molecule has 3 rings (SSSR count). The summed E-state index contributed by atoms with van der Waals surface area (Å²) in [5.41, 5.74) is 2.18. The highest BCUT2D eigenvalue weighted by atomic mass is 79.9. The van der Waals surface area contributed by atoms with Crippen LogP contribution in [0.2, 0.25) is 0 Å². The van der Waals surface area contributed by atoms with Gasteiger partial charge in [0.15, 0.2) is 12.4 Å². The number of halogens is 3. The Morgan fingerprint density at radius 1 is 1.03 bits per heavy atom. The summed E-state index contributed by atoms with van der Waals surface area (Å²) in [5, 5.41) is 0. The maximum absolute atomic E-state index is 12.9. The minimum absolute atomic E-state index is 0. The van der Waals surface area contributed by atoms with E-state index < -0.39 is 6.11 Å². The zero-order chi connectivity index (χ0) is 20.9. The first-order chi connectivity index (χ1) is 13.8. The number of carbonyl (C=O) groups excluding carboxylic acids is 1. The number of aryl methyl sites for hydroxylation is 1. The molecule has 30 heavy (non-hydrogen) atoms. The third-order valence-corrected chi connectivity index (χ3v) is 3.99. The molecule has 0 bridgehead atoms. The van der Waals surface area contributed by atoms with Gasteiger partial charge in [0.05, 0.1) is 5.69 Å². The van der Waals surface area contributed by atoms with Crippen LogP contribution in [0.15, 0.2) is 67.0 Å². The first-order valence-corrected chi connectivity index (χ1v) is 9.03. The highest BCUT2D eigenvalue weighted by molar-refractivity contribution is 5.95. The van der Waals surface area contributed by atoms with Crippen LogP contribution in [0.3, 0.4) is 0 Å². The molecule has 0 amide bonds. The summed E-state index contributed by atoms with van der Waals surface area (Å²) >= 11 is 0. The quantitative estimate of drug-likeness (QED) is 0.359. The standard InChI is InChI=1S/C22H21F2N2O3.BrH/c1-16-4-3-5-18(25-16)15-28-19-10-12-26(13-11-19)14-21(27)17-6-8-20(9-7-17)29-22(2,23)24;/h3-13H,14-15H2,1-2H3;1H/q+1;/p-1. The lowest BCUT2D eigenvalue weighted by Gasteiger charge is -2.12. The molecular formula is C22H21BrF2N2O3. The Bertz CT molecular complexity index is 975. The molecule has 0 atom stereocenters. The van der Waals surface area contributed by atoms with E-state index in [-0.39, 0.29) is 35.1 Å². The molecule has 0 saturated heterocycles. The van der Waals surface area contributed by atoms with Gasteiger partial charge in [-0.1, -0.05) is 6.07 Å². The number of carbonyl (C=O) groups is 1. The van der Waals surface area contributed by atoms with Crippen molar-refractivity contribution < 1.29 is 44.6 Å². The van der Waals surface area contributed by atoms with E-state index in [1.807, 2.05) is 25.1 Å². The molecule has 0 saturated carbocycles. The van der Waals surface area contributed by atoms with Gasteiger partial charge in [-0.3, -0.25) is 9.78 Å². The number of rotatable bonds is 8. The van der Waals surface area contributed by atoms with Gasteiger partial charge in [0.25, 0.3) is 0 Å². The van der Waals surface area contributed by atoms with E-state index in [9.17, 15) is 13.6 Å². The Kier molecular flexibility index (Phi) is 8.00. The molecule has 5 nitrogen and oxygen atoms in total. The molecule has 3 aromatic rings. The highest BCUT2D eigenvalue weighted by Crippen LogP contribution is 2.21. The normalized spacial score (nSPS) is 10.8. The first kappa shape index (κ1) is 23.4. The fourth-order valence-electron chi connectivity index (χ4n) is 2.66. The number of aromatic nitrogens is 2. The summed E-state index contributed by atoms with van der Waals surface area (Å²) < 4.78 is 37.6. The lowest BCUT2D eigenvalue weighted by atomic mass is 10.1. The predicted octanol–water partition coefficient (Wildman–Crippen LogP) is 1.13. The van der Waals surface area contributed by atoms with Crippen LogP contribution in [-0.4, -0.2) is 16.9 Å². The van der Waals surface area contributed by atoms with Crippen molar-refractivity contribution in [3.63, 3.8) is 0 Å². The van der Waals surface area contributed by atoms with Gasteiger partial charge in [-0.15, -0.1) is 0 Å². The summed E-state index contributed by atoms with van der Waals surface area (Å²) in [4.78, 5) is 16.8. The van der Waals surface area contributed by atoms with Gasteiger partial charge in [0.1, 0.15) is 18.1 Å². The largest absolute Gasteiger partial charge is 1.00 e. The van der Waals surface area contributed by atoms with Crippen molar-refractivity contribution in [1.82, 2.24) is 4.98 Å². The molecule has 158 valence electrons. The number of alkyl halides is 2. The Balaban J connectivity index is 0.00000320. The van der Waals surface area contributed by atoms with Crippen LogP contribution >= 0.6 is 0 Å². The number of ketones is 1. The van der Waals surface area contributed by atoms with Gasteiger partial charge in [0.2, 0.25) is 12.3 Å². The predicted molar refractivity (Wildman–Crippen MR) is 102 cm³/mol. The van der Waals surface area contributed by atoms with Gasteiger partial charge in [-0.2, -0.15) is 13.3 Å². The number of hydrogen-bond acceptors (Lipinski definition) is 4. The number of nitrogens with zero attached hydrogens (tertiary/aromatic N) is 2. The molecule has 8 heteroatoms. The topological polar surface area (TPSA) is 52.3 Å². The van der Waals surface area contributed by atoms with E-state index in [0.717, 1.165) is 11.4 Å². The molecule has 2 aromatic heterocycles. The SMILES string of the molecule is Cc1cccc(COc2cc[n+](CC(=O)c3ccc(OC(C)(F)F)cc3)cc2)n1.[Br-]. The van der Waals surface area contributed by atoms with Gasteiger partial charge in [-0.25, -0.2) is 0 Å². The summed E-state index contributed by atoms with van der Waals surface area (Å²) in [6.45, 7) is 3.05.